The fraction of sp³-hybridized carbons (Fsp3) is 0.235. The van der Waals surface area contributed by atoms with Crippen LogP contribution in [0.15, 0.2) is 53.4 Å². The number of rotatable bonds is 2. The molecule has 1 aliphatic heterocycles. The van der Waals surface area contributed by atoms with E-state index in [1.54, 1.807) is 4.90 Å². The third-order valence-electron chi connectivity index (χ3n) is 3.81. The second-order valence-corrected chi connectivity index (χ2v) is 6.71. The molecule has 0 fully saturated rings. The first-order chi connectivity index (χ1) is 10.2. The quantitative estimate of drug-likeness (QED) is 0.855. The van der Waals surface area contributed by atoms with Gasteiger partial charge in [0.15, 0.2) is 0 Å². The van der Waals surface area contributed by atoms with Crippen LogP contribution < -0.4 is 4.90 Å². The zero-order chi connectivity index (χ0) is 14.8. The van der Waals surface area contributed by atoms with E-state index in [1.807, 2.05) is 55.5 Å². The summed E-state index contributed by atoms with van der Waals surface area (Å²) in [5.41, 5.74) is 2.96. The van der Waals surface area contributed by atoms with Crippen LogP contribution in [-0.2, 0) is 22.0 Å². The van der Waals surface area contributed by atoms with Crippen molar-refractivity contribution in [1.29, 1.82) is 0 Å². The van der Waals surface area contributed by atoms with E-state index in [0.29, 0.717) is 18.7 Å². The van der Waals surface area contributed by atoms with Gasteiger partial charge in [-0.1, -0.05) is 36.4 Å². The van der Waals surface area contributed by atoms with Crippen molar-refractivity contribution in [2.45, 2.75) is 18.2 Å². The second-order valence-electron chi connectivity index (χ2n) is 5.17. The number of hydrogen-bond donors (Lipinski definition) is 0. The standard InChI is InChI=1S/C17H17NO2S/c1-13-6-2-3-7-14(13)12-17(19)18-10-11-21(20)16-9-5-4-8-15(16)18/h2-9H,10-12H2,1H3. The van der Waals surface area contributed by atoms with Crippen LogP contribution in [0.4, 0.5) is 5.69 Å². The van der Waals surface area contributed by atoms with Gasteiger partial charge in [0.25, 0.3) is 0 Å². The Morgan fingerprint density at radius 2 is 1.86 bits per heavy atom. The van der Waals surface area contributed by atoms with Crippen LogP contribution in [0.5, 0.6) is 0 Å². The molecule has 1 amide bonds. The normalized spacial score (nSPS) is 17.4. The number of nitrogens with zero attached hydrogens (tertiary/aromatic N) is 1. The number of fused-ring (bicyclic) bond motifs is 1. The zero-order valence-corrected chi connectivity index (χ0v) is 12.7. The van der Waals surface area contributed by atoms with Gasteiger partial charge < -0.3 is 4.90 Å². The summed E-state index contributed by atoms with van der Waals surface area (Å²) in [7, 11) is -0.997. The van der Waals surface area contributed by atoms with Crippen LogP contribution in [0.2, 0.25) is 0 Å². The first-order valence-electron chi connectivity index (χ1n) is 6.99. The summed E-state index contributed by atoms with van der Waals surface area (Å²) in [6, 6.07) is 15.4. The predicted molar refractivity (Wildman–Crippen MR) is 85.0 cm³/mol. The van der Waals surface area contributed by atoms with E-state index in [-0.39, 0.29) is 5.91 Å². The maximum Gasteiger partial charge on any atom is 0.231 e. The molecule has 4 heteroatoms. The van der Waals surface area contributed by atoms with Crippen molar-refractivity contribution >= 4 is 22.4 Å². The Balaban J connectivity index is 1.88. The summed E-state index contributed by atoms with van der Waals surface area (Å²) < 4.78 is 12.0. The van der Waals surface area contributed by atoms with E-state index in [4.69, 9.17) is 0 Å². The Kier molecular flexibility index (Phi) is 3.88. The molecule has 0 aliphatic carbocycles. The third kappa shape index (κ3) is 2.76. The average molecular weight is 299 g/mol. The predicted octanol–water partition coefficient (Wildman–Crippen LogP) is 2.69. The van der Waals surface area contributed by atoms with Crippen LogP contribution in [0.25, 0.3) is 0 Å². The lowest BCUT2D eigenvalue weighted by Gasteiger charge is -2.29. The minimum absolute atomic E-state index is 0.0634. The molecule has 0 N–H and O–H groups in total. The van der Waals surface area contributed by atoms with Gasteiger partial charge in [-0.3, -0.25) is 9.00 Å². The highest BCUT2D eigenvalue weighted by atomic mass is 32.2. The number of hydrogen-bond acceptors (Lipinski definition) is 2. The second kappa shape index (κ2) is 5.82. The van der Waals surface area contributed by atoms with Gasteiger partial charge >= 0.3 is 0 Å². The molecule has 2 aromatic carbocycles. The fourth-order valence-electron chi connectivity index (χ4n) is 2.60. The molecule has 0 bridgehead atoms. The van der Waals surface area contributed by atoms with Gasteiger partial charge in [0.1, 0.15) is 0 Å². The summed E-state index contributed by atoms with van der Waals surface area (Å²) >= 11 is 0. The van der Waals surface area contributed by atoms with Crippen molar-refractivity contribution in [3.63, 3.8) is 0 Å². The highest BCUT2D eigenvalue weighted by molar-refractivity contribution is 7.85. The van der Waals surface area contributed by atoms with Crippen LogP contribution in [0.3, 0.4) is 0 Å². The first-order valence-corrected chi connectivity index (χ1v) is 8.31. The molecule has 3 rings (SSSR count). The molecule has 0 radical (unpaired) electrons. The number of amides is 1. The minimum Gasteiger partial charge on any atom is -0.310 e. The number of benzene rings is 2. The van der Waals surface area contributed by atoms with Crippen molar-refractivity contribution in [1.82, 2.24) is 0 Å². The van der Waals surface area contributed by atoms with Gasteiger partial charge in [-0.25, -0.2) is 0 Å². The molecule has 1 heterocycles. The number of anilines is 1. The van der Waals surface area contributed by atoms with Crippen LogP contribution in [-0.4, -0.2) is 22.4 Å². The van der Waals surface area contributed by atoms with E-state index in [0.717, 1.165) is 21.7 Å². The summed E-state index contributed by atoms with van der Waals surface area (Å²) in [5, 5.41) is 0. The number of carbonyl (C=O) groups is 1. The van der Waals surface area contributed by atoms with Crippen LogP contribution >= 0.6 is 0 Å². The van der Waals surface area contributed by atoms with Crippen LogP contribution in [0.1, 0.15) is 11.1 Å². The van der Waals surface area contributed by atoms with Gasteiger partial charge in [0.05, 0.1) is 27.8 Å². The Bertz CT molecular complexity index is 711. The Labute approximate surface area is 127 Å². The first kappa shape index (κ1) is 14.0. The average Bonchev–Trinajstić information content (AvgIpc) is 2.50. The molecule has 0 spiro atoms. The minimum atomic E-state index is -0.997. The molecule has 1 aliphatic rings. The molecule has 0 saturated heterocycles. The summed E-state index contributed by atoms with van der Waals surface area (Å²) in [5.74, 6) is 0.574. The van der Waals surface area contributed by atoms with Gasteiger partial charge in [0.2, 0.25) is 5.91 Å². The molecular formula is C17H17NO2S. The zero-order valence-electron chi connectivity index (χ0n) is 11.9. The van der Waals surface area contributed by atoms with Gasteiger partial charge in [0, 0.05) is 12.3 Å². The largest absolute Gasteiger partial charge is 0.310 e. The smallest absolute Gasteiger partial charge is 0.231 e. The van der Waals surface area contributed by atoms with E-state index >= 15 is 0 Å². The summed E-state index contributed by atoms with van der Waals surface area (Å²) in [6.45, 7) is 2.54. The highest BCUT2D eigenvalue weighted by Gasteiger charge is 2.26. The lowest BCUT2D eigenvalue weighted by molar-refractivity contribution is -0.118. The van der Waals surface area contributed by atoms with Gasteiger partial charge in [-0.15, -0.1) is 0 Å². The van der Waals surface area contributed by atoms with Crippen molar-refractivity contribution in [2.24, 2.45) is 0 Å². The lowest BCUT2D eigenvalue weighted by Crippen LogP contribution is -2.39. The highest BCUT2D eigenvalue weighted by Crippen LogP contribution is 2.28. The molecule has 0 aromatic heterocycles. The SMILES string of the molecule is Cc1ccccc1CC(=O)N1CCS(=O)c2ccccc21. The molecule has 21 heavy (non-hydrogen) atoms. The van der Waals surface area contributed by atoms with Crippen molar-refractivity contribution in [3.8, 4) is 0 Å². The molecular weight excluding hydrogens is 282 g/mol. The molecule has 1 atom stereocenters. The molecule has 3 nitrogen and oxygen atoms in total. The van der Waals surface area contributed by atoms with Crippen molar-refractivity contribution in [3.05, 3.63) is 59.7 Å². The van der Waals surface area contributed by atoms with E-state index in [1.165, 1.54) is 0 Å². The van der Waals surface area contributed by atoms with E-state index < -0.39 is 10.8 Å². The third-order valence-corrected chi connectivity index (χ3v) is 5.19. The number of para-hydroxylation sites is 1. The Morgan fingerprint density at radius 1 is 1.14 bits per heavy atom. The fourth-order valence-corrected chi connectivity index (χ4v) is 3.81. The molecule has 108 valence electrons. The van der Waals surface area contributed by atoms with E-state index in [2.05, 4.69) is 0 Å². The molecule has 0 saturated carbocycles. The monoisotopic (exact) mass is 299 g/mol. The summed E-state index contributed by atoms with van der Waals surface area (Å²) in [4.78, 5) is 15.1. The van der Waals surface area contributed by atoms with Gasteiger partial charge in [-0.05, 0) is 30.2 Å². The van der Waals surface area contributed by atoms with Crippen molar-refractivity contribution in [2.75, 3.05) is 17.2 Å². The lowest BCUT2D eigenvalue weighted by atomic mass is 10.1. The Morgan fingerprint density at radius 3 is 2.67 bits per heavy atom. The maximum absolute atomic E-state index is 12.6. The number of aryl methyl sites for hydroxylation is 1. The van der Waals surface area contributed by atoms with Gasteiger partial charge in [-0.2, -0.15) is 0 Å². The van der Waals surface area contributed by atoms with E-state index in [9.17, 15) is 9.00 Å². The Hall–Kier alpha value is -1.94. The molecule has 2 aromatic rings. The number of carbonyl (C=O) groups excluding carboxylic acids is 1. The van der Waals surface area contributed by atoms with Crippen molar-refractivity contribution < 1.29 is 9.00 Å². The maximum atomic E-state index is 12.6. The van der Waals surface area contributed by atoms with Crippen LogP contribution in [0, 0.1) is 6.92 Å². The molecule has 1 unspecified atom stereocenters. The summed E-state index contributed by atoms with van der Waals surface area (Å²) in [6.07, 6.45) is 0.383. The topological polar surface area (TPSA) is 37.4 Å².